The Labute approximate surface area is 114 Å². The molecule has 1 heterocycles. The van der Waals surface area contributed by atoms with E-state index in [-0.39, 0.29) is 10.3 Å². The molecule has 0 amide bonds. The molecule has 0 aliphatic carbocycles. The molecule has 0 saturated carbocycles. The number of rotatable bonds is 7. The number of aryl methyl sites for hydroxylation is 1. The van der Waals surface area contributed by atoms with E-state index in [9.17, 15) is 8.42 Å². The van der Waals surface area contributed by atoms with Crippen LogP contribution in [0.15, 0.2) is 17.3 Å². The molecule has 0 aliphatic rings. The van der Waals surface area contributed by atoms with E-state index in [4.69, 9.17) is 11.6 Å². The van der Waals surface area contributed by atoms with Crippen molar-refractivity contribution in [2.75, 3.05) is 12.4 Å². The van der Waals surface area contributed by atoms with Crippen LogP contribution >= 0.6 is 11.6 Å². The Hall–Kier alpha value is -0.590. The van der Waals surface area contributed by atoms with E-state index in [2.05, 4.69) is 9.82 Å². The summed E-state index contributed by atoms with van der Waals surface area (Å²) in [4.78, 5) is 0.181. The average Bonchev–Trinajstić information content (AvgIpc) is 2.79. The summed E-state index contributed by atoms with van der Waals surface area (Å²) in [6, 6.07) is 0. The van der Waals surface area contributed by atoms with E-state index in [1.54, 1.807) is 7.05 Å². The van der Waals surface area contributed by atoms with E-state index < -0.39 is 10.0 Å². The molecule has 0 bridgehead atoms. The summed E-state index contributed by atoms with van der Waals surface area (Å²) >= 11 is 5.95. The van der Waals surface area contributed by atoms with Gasteiger partial charge in [-0.05, 0) is 18.3 Å². The van der Waals surface area contributed by atoms with Crippen LogP contribution < -0.4 is 4.72 Å². The van der Waals surface area contributed by atoms with E-state index in [0.29, 0.717) is 12.4 Å². The first-order chi connectivity index (χ1) is 8.39. The van der Waals surface area contributed by atoms with Gasteiger partial charge in [0.05, 0.1) is 6.20 Å². The number of nitrogens with zero attached hydrogens (tertiary/aromatic N) is 2. The first kappa shape index (κ1) is 15.5. The Morgan fingerprint density at radius 3 is 2.44 bits per heavy atom. The lowest BCUT2D eigenvalue weighted by atomic mass is 9.85. The van der Waals surface area contributed by atoms with Crippen LogP contribution in [0.3, 0.4) is 0 Å². The van der Waals surface area contributed by atoms with Crippen LogP contribution in [0.2, 0.25) is 0 Å². The summed E-state index contributed by atoms with van der Waals surface area (Å²) in [7, 11) is -1.81. The highest BCUT2D eigenvalue weighted by atomic mass is 35.5. The molecule has 5 nitrogen and oxygen atoms in total. The van der Waals surface area contributed by atoms with Crippen LogP contribution in [-0.2, 0) is 17.1 Å². The predicted octanol–water partition coefficient (Wildman–Crippen LogP) is 1.74. The highest BCUT2D eigenvalue weighted by Gasteiger charge is 2.28. The SMILES string of the molecule is CCC(CC)(CCl)CNS(=O)(=O)c1cnn(C)c1. The van der Waals surface area contributed by atoms with Crippen LogP contribution in [0, 0.1) is 5.41 Å². The third-order valence-electron chi connectivity index (χ3n) is 3.41. The largest absolute Gasteiger partial charge is 0.274 e. The number of sulfonamides is 1. The van der Waals surface area contributed by atoms with Crippen LogP contribution in [0.4, 0.5) is 0 Å². The third-order valence-corrected chi connectivity index (χ3v) is 5.33. The molecule has 0 unspecified atom stereocenters. The molecule has 1 aromatic heterocycles. The molecule has 0 fully saturated rings. The smallest absolute Gasteiger partial charge is 0.243 e. The van der Waals surface area contributed by atoms with Gasteiger partial charge in [-0.2, -0.15) is 5.10 Å². The van der Waals surface area contributed by atoms with Gasteiger partial charge in [0.15, 0.2) is 0 Å². The van der Waals surface area contributed by atoms with Crippen molar-refractivity contribution in [2.24, 2.45) is 12.5 Å². The number of alkyl halides is 1. The quantitative estimate of drug-likeness (QED) is 0.779. The highest BCUT2D eigenvalue weighted by Crippen LogP contribution is 2.27. The van der Waals surface area contributed by atoms with Gasteiger partial charge in [0.2, 0.25) is 10.0 Å². The average molecular weight is 294 g/mol. The fraction of sp³-hybridized carbons (Fsp3) is 0.727. The molecule has 18 heavy (non-hydrogen) atoms. The van der Waals surface area contributed by atoms with Gasteiger partial charge in [-0.15, -0.1) is 11.6 Å². The van der Waals surface area contributed by atoms with Gasteiger partial charge >= 0.3 is 0 Å². The van der Waals surface area contributed by atoms with E-state index >= 15 is 0 Å². The minimum absolute atomic E-state index is 0.181. The van der Waals surface area contributed by atoms with Crippen molar-refractivity contribution < 1.29 is 8.42 Å². The second-order valence-electron chi connectivity index (χ2n) is 4.51. The minimum Gasteiger partial charge on any atom is -0.274 e. The summed E-state index contributed by atoms with van der Waals surface area (Å²) in [5.41, 5.74) is -0.184. The fourth-order valence-corrected chi connectivity index (χ4v) is 3.22. The van der Waals surface area contributed by atoms with Crippen molar-refractivity contribution in [2.45, 2.75) is 31.6 Å². The Bertz CT molecular complexity index is 472. The highest BCUT2D eigenvalue weighted by molar-refractivity contribution is 7.89. The molecular weight excluding hydrogens is 274 g/mol. The van der Waals surface area contributed by atoms with Crippen molar-refractivity contribution in [3.05, 3.63) is 12.4 Å². The maximum Gasteiger partial charge on any atom is 0.243 e. The maximum absolute atomic E-state index is 12.0. The number of hydrogen-bond donors (Lipinski definition) is 1. The summed E-state index contributed by atoms with van der Waals surface area (Å²) in [5, 5.41) is 3.86. The second kappa shape index (κ2) is 6.04. The number of halogens is 1. The van der Waals surface area contributed by atoms with E-state index in [1.807, 2.05) is 13.8 Å². The van der Waals surface area contributed by atoms with Gasteiger partial charge in [-0.3, -0.25) is 4.68 Å². The van der Waals surface area contributed by atoms with Gasteiger partial charge < -0.3 is 0 Å². The lowest BCUT2D eigenvalue weighted by Crippen LogP contribution is -2.38. The van der Waals surface area contributed by atoms with Crippen molar-refractivity contribution in [1.82, 2.24) is 14.5 Å². The normalized spacial score (nSPS) is 12.9. The number of nitrogens with one attached hydrogen (secondary N) is 1. The lowest BCUT2D eigenvalue weighted by Gasteiger charge is -2.29. The fourth-order valence-electron chi connectivity index (χ4n) is 1.61. The molecule has 1 N–H and O–H groups in total. The van der Waals surface area contributed by atoms with Crippen LogP contribution in [0.1, 0.15) is 26.7 Å². The molecule has 0 atom stereocenters. The lowest BCUT2D eigenvalue weighted by molar-refractivity contribution is 0.304. The summed E-state index contributed by atoms with van der Waals surface area (Å²) in [6.07, 6.45) is 4.48. The molecule has 0 radical (unpaired) electrons. The molecule has 0 saturated heterocycles. The monoisotopic (exact) mass is 293 g/mol. The van der Waals surface area contributed by atoms with Gasteiger partial charge in [0.25, 0.3) is 0 Å². The van der Waals surface area contributed by atoms with E-state index in [1.165, 1.54) is 17.1 Å². The topological polar surface area (TPSA) is 64.0 Å². The molecule has 7 heteroatoms. The molecule has 0 spiro atoms. The van der Waals surface area contributed by atoms with Gasteiger partial charge in [0.1, 0.15) is 4.90 Å². The summed E-state index contributed by atoms with van der Waals surface area (Å²) in [6.45, 7) is 4.38. The van der Waals surface area contributed by atoms with Crippen molar-refractivity contribution in [3.63, 3.8) is 0 Å². The van der Waals surface area contributed by atoms with Crippen molar-refractivity contribution >= 4 is 21.6 Å². The molecule has 1 rings (SSSR count). The third kappa shape index (κ3) is 3.46. The number of hydrogen-bond acceptors (Lipinski definition) is 3. The molecule has 0 aliphatic heterocycles. The zero-order valence-corrected chi connectivity index (χ0v) is 12.6. The molecule has 104 valence electrons. The zero-order chi connectivity index (χ0) is 13.8. The van der Waals surface area contributed by atoms with Crippen LogP contribution in [0.25, 0.3) is 0 Å². The van der Waals surface area contributed by atoms with Gasteiger partial charge in [-0.1, -0.05) is 13.8 Å². The molecule has 1 aromatic rings. The van der Waals surface area contributed by atoms with E-state index in [0.717, 1.165) is 12.8 Å². The van der Waals surface area contributed by atoms with Crippen molar-refractivity contribution in [1.29, 1.82) is 0 Å². The van der Waals surface area contributed by atoms with Gasteiger partial charge in [-0.25, -0.2) is 13.1 Å². The summed E-state index contributed by atoms with van der Waals surface area (Å²) < 4.78 is 28.1. The second-order valence-corrected chi connectivity index (χ2v) is 6.55. The predicted molar refractivity (Wildman–Crippen MR) is 72.1 cm³/mol. The first-order valence-electron chi connectivity index (χ1n) is 5.93. The van der Waals surface area contributed by atoms with Crippen LogP contribution in [-0.4, -0.2) is 30.6 Å². The number of aromatic nitrogens is 2. The molecule has 0 aromatic carbocycles. The Balaban J connectivity index is 2.79. The first-order valence-corrected chi connectivity index (χ1v) is 7.95. The minimum atomic E-state index is -3.49. The van der Waals surface area contributed by atoms with Crippen LogP contribution in [0.5, 0.6) is 0 Å². The zero-order valence-electron chi connectivity index (χ0n) is 11.0. The molecular formula is C11H20ClN3O2S. The summed E-state index contributed by atoms with van der Waals surface area (Å²) in [5.74, 6) is 0.440. The van der Waals surface area contributed by atoms with Crippen molar-refractivity contribution in [3.8, 4) is 0 Å². The standard InChI is InChI=1S/C11H20ClN3O2S/c1-4-11(5-2,8-12)9-14-18(16,17)10-6-13-15(3)7-10/h6-7,14H,4-5,8-9H2,1-3H3. The maximum atomic E-state index is 12.0. The Morgan fingerprint density at radius 2 is 2.06 bits per heavy atom. The van der Waals surface area contributed by atoms with Gasteiger partial charge in [0, 0.05) is 25.7 Å². The Morgan fingerprint density at radius 1 is 1.44 bits per heavy atom. The Kier molecular flexibility index (Phi) is 5.19.